The molecule has 0 bridgehead atoms. The van der Waals surface area contributed by atoms with E-state index in [1.165, 1.54) is 0 Å². The maximum Gasteiger partial charge on any atom is 0.218 e. The predicted molar refractivity (Wildman–Crippen MR) is 90.9 cm³/mol. The number of carbonyl (C=O) groups is 1. The van der Waals surface area contributed by atoms with Crippen LogP contribution in [0.15, 0.2) is 24.3 Å². The Morgan fingerprint density at radius 2 is 2.00 bits per heavy atom. The first-order valence-electron chi connectivity index (χ1n) is 7.99. The van der Waals surface area contributed by atoms with Crippen molar-refractivity contribution in [3.63, 3.8) is 0 Å². The summed E-state index contributed by atoms with van der Waals surface area (Å²) < 4.78 is 35.4. The van der Waals surface area contributed by atoms with Crippen molar-refractivity contribution in [3.8, 4) is 11.5 Å². The largest absolute Gasteiger partial charge is 0.486 e. The van der Waals surface area contributed by atoms with Gasteiger partial charge in [-0.15, -0.1) is 0 Å². The van der Waals surface area contributed by atoms with Crippen molar-refractivity contribution in [1.82, 2.24) is 4.90 Å². The zero-order chi connectivity index (χ0) is 17.6. The van der Waals surface area contributed by atoms with E-state index in [4.69, 9.17) is 15.2 Å². The molecular formula is C16H24N2O5S. The minimum Gasteiger partial charge on any atom is -0.486 e. The molecule has 0 saturated carbocycles. The molecule has 1 heterocycles. The van der Waals surface area contributed by atoms with E-state index >= 15 is 0 Å². The third-order valence-electron chi connectivity index (χ3n) is 3.85. The van der Waals surface area contributed by atoms with Crippen molar-refractivity contribution in [2.75, 3.05) is 37.7 Å². The topological polar surface area (TPSA) is 98.9 Å². The number of carbonyl (C=O) groups excluding carboxylic acids is 1. The molecule has 1 aliphatic rings. The average Bonchev–Trinajstić information content (AvgIpc) is 2.57. The van der Waals surface area contributed by atoms with Gasteiger partial charge in [0.2, 0.25) is 5.91 Å². The van der Waals surface area contributed by atoms with E-state index in [0.29, 0.717) is 32.0 Å². The summed E-state index contributed by atoms with van der Waals surface area (Å²) in [5, 5.41) is 0. The molecule has 0 radical (unpaired) electrons. The fourth-order valence-electron chi connectivity index (χ4n) is 2.45. The molecule has 0 saturated heterocycles. The van der Waals surface area contributed by atoms with E-state index < -0.39 is 15.7 Å². The first kappa shape index (κ1) is 18.5. The van der Waals surface area contributed by atoms with Gasteiger partial charge in [-0.1, -0.05) is 19.1 Å². The molecule has 0 aliphatic carbocycles. The smallest absolute Gasteiger partial charge is 0.218 e. The van der Waals surface area contributed by atoms with Crippen LogP contribution in [-0.4, -0.2) is 63.1 Å². The van der Waals surface area contributed by atoms with Crippen molar-refractivity contribution < 1.29 is 22.7 Å². The number of rotatable bonds is 9. The quantitative estimate of drug-likeness (QED) is 0.689. The minimum atomic E-state index is -3.29. The lowest BCUT2D eigenvalue weighted by molar-refractivity contribution is -0.117. The number of likely N-dealkylation sites (N-methyl/N-ethyl adjacent to an activating group) is 1. The van der Waals surface area contributed by atoms with Gasteiger partial charge in [0.15, 0.2) is 21.3 Å². The van der Waals surface area contributed by atoms with Crippen LogP contribution in [0.25, 0.3) is 0 Å². The van der Waals surface area contributed by atoms with Crippen LogP contribution in [0.1, 0.15) is 13.3 Å². The number of fused-ring (bicyclic) bond motifs is 1. The van der Waals surface area contributed by atoms with E-state index in [1.54, 1.807) is 0 Å². The maximum absolute atomic E-state index is 11.9. The number of sulfone groups is 1. The number of ether oxygens (including phenoxy) is 2. The molecule has 1 aromatic rings. The number of hydrogen-bond donors (Lipinski definition) is 1. The van der Waals surface area contributed by atoms with Gasteiger partial charge in [0.05, 0.1) is 11.5 Å². The number of nitrogens with zero attached hydrogens (tertiary/aromatic N) is 1. The van der Waals surface area contributed by atoms with Gasteiger partial charge in [0, 0.05) is 19.5 Å². The Morgan fingerprint density at radius 1 is 1.29 bits per heavy atom. The number of hydrogen-bond acceptors (Lipinski definition) is 6. The zero-order valence-electron chi connectivity index (χ0n) is 13.8. The van der Waals surface area contributed by atoms with Gasteiger partial charge in [-0.2, -0.15) is 0 Å². The molecule has 0 aromatic heterocycles. The average molecular weight is 356 g/mol. The summed E-state index contributed by atoms with van der Waals surface area (Å²) in [6.07, 6.45) is -0.279. The Morgan fingerprint density at radius 3 is 2.67 bits per heavy atom. The molecule has 1 amide bonds. The Balaban J connectivity index is 1.83. The Bertz CT molecular complexity index is 662. The molecule has 8 heteroatoms. The zero-order valence-corrected chi connectivity index (χ0v) is 14.6. The predicted octanol–water partition coefficient (Wildman–Crippen LogP) is 0.439. The van der Waals surface area contributed by atoms with Gasteiger partial charge in [-0.3, -0.25) is 9.69 Å². The van der Waals surface area contributed by atoms with Gasteiger partial charge >= 0.3 is 0 Å². The normalized spacial score (nSPS) is 17.0. The second-order valence-corrected chi connectivity index (χ2v) is 8.06. The third-order valence-corrected chi connectivity index (χ3v) is 5.49. The number of primary amides is 1. The highest BCUT2D eigenvalue weighted by molar-refractivity contribution is 7.91. The van der Waals surface area contributed by atoms with E-state index in [0.717, 1.165) is 5.75 Å². The molecule has 2 N–H and O–H groups in total. The van der Waals surface area contributed by atoms with Crippen molar-refractivity contribution >= 4 is 15.7 Å². The standard InChI is InChI=1S/C16H24N2O5S/c1-2-18(8-10-24(20,21)9-7-16(17)19)11-13-12-22-14-5-3-4-6-15(14)23-13/h3-6,13H,2,7-12H2,1H3,(H2,17,19)/t13-/m1/s1. The van der Waals surface area contributed by atoms with Crippen LogP contribution in [0.2, 0.25) is 0 Å². The first-order chi connectivity index (χ1) is 11.4. The number of para-hydroxylation sites is 2. The minimum absolute atomic E-state index is 0.00170. The second kappa shape index (κ2) is 8.34. The first-order valence-corrected chi connectivity index (χ1v) is 9.81. The molecule has 0 fully saturated rings. The number of amides is 1. The summed E-state index contributed by atoms with van der Waals surface area (Å²) in [6.45, 7) is 4.07. The highest BCUT2D eigenvalue weighted by Gasteiger charge is 2.23. The summed E-state index contributed by atoms with van der Waals surface area (Å²) in [7, 11) is -3.29. The fourth-order valence-corrected chi connectivity index (χ4v) is 3.70. The molecule has 0 unspecified atom stereocenters. The highest BCUT2D eigenvalue weighted by Crippen LogP contribution is 2.30. The molecule has 1 atom stereocenters. The summed E-state index contributed by atoms with van der Waals surface area (Å²) in [6, 6.07) is 7.48. The van der Waals surface area contributed by atoms with Crippen molar-refractivity contribution in [1.29, 1.82) is 0 Å². The lowest BCUT2D eigenvalue weighted by atomic mass is 10.2. The van der Waals surface area contributed by atoms with Gasteiger partial charge in [0.1, 0.15) is 12.7 Å². The second-order valence-electron chi connectivity index (χ2n) is 5.76. The van der Waals surface area contributed by atoms with E-state index in [-0.39, 0.29) is 24.0 Å². The number of benzene rings is 1. The lowest BCUT2D eigenvalue weighted by Gasteiger charge is -2.30. The van der Waals surface area contributed by atoms with E-state index in [9.17, 15) is 13.2 Å². The van der Waals surface area contributed by atoms with Crippen LogP contribution in [0, 0.1) is 0 Å². The Kier molecular flexibility index (Phi) is 6.44. The fraction of sp³-hybridized carbons (Fsp3) is 0.562. The maximum atomic E-state index is 11.9. The molecule has 24 heavy (non-hydrogen) atoms. The number of nitrogens with two attached hydrogens (primary N) is 1. The lowest BCUT2D eigenvalue weighted by Crippen LogP contribution is -2.42. The van der Waals surface area contributed by atoms with Crippen molar-refractivity contribution in [3.05, 3.63) is 24.3 Å². The Labute approximate surface area is 142 Å². The summed E-state index contributed by atoms with van der Waals surface area (Å²) in [5.41, 5.74) is 5.00. The van der Waals surface area contributed by atoms with Crippen LogP contribution in [-0.2, 0) is 14.6 Å². The molecular weight excluding hydrogens is 332 g/mol. The molecule has 1 aliphatic heterocycles. The van der Waals surface area contributed by atoms with Crippen LogP contribution in [0.3, 0.4) is 0 Å². The van der Waals surface area contributed by atoms with Gasteiger partial charge < -0.3 is 15.2 Å². The third kappa shape index (κ3) is 5.68. The molecule has 2 rings (SSSR count). The molecule has 7 nitrogen and oxygen atoms in total. The van der Waals surface area contributed by atoms with E-state index in [2.05, 4.69) is 0 Å². The molecule has 0 spiro atoms. The molecule has 134 valence electrons. The van der Waals surface area contributed by atoms with Gasteiger partial charge in [-0.05, 0) is 18.7 Å². The van der Waals surface area contributed by atoms with Crippen LogP contribution >= 0.6 is 0 Å². The highest BCUT2D eigenvalue weighted by atomic mass is 32.2. The molecule has 1 aromatic carbocycles. The van der Waals surface area contributed by atoms with Gasteiger partial charge in [0.25, 0.3) is 0 Å². The van der Waals surface area contributed by atoms with Crippen molar-refractivity contribution in [2.45, 2.75) is 19.4 Å². The Hall–Kier alpha value is -1.80. The SMILES string of the molecule is CCN(CCS(=O)(=O)CCC(N)=O)C[C@@H]1COc2ccccc2O1. The van der Waals surface area contributed by atoms with Crippen molar-refractivity contribution in [2.24, 2.45) is 5.73 Å². The van der Waals surface area contributed by atoms with Gasteiger partial charge in [-0.25, -0.2) is 8.42 Å². The van der Waals surface area contributed by atoms with Crippen LogP contribution < -0.4 is 15.2 Å². The summed E-state index contributed by atoms with van der Waals surface area (Å²) >= 11 is 0. The summed E-state index contributed by atoms with van der Waals surface area (Å²) in [5.74, 6) is 0.635. The van der Waals surface area contributed by atoms with Crippen LogP contribution in [0.4, 0.5) is 0 Å². The monoisotopic (exact) mass is 356 g/mol. The van der Waals surface area contributed by atoms with Crippen LogP contribution in [0.5, 0.6) is 11.5 Å². The van der Waals surface area contributed by atoms with E-state index in [1.807, 2.05) is 36.1 Å². The summed E-state index contributed by atoms with van der Waals surface area (Å²) in [4.78, 5) is 12.7.